The SMILES string of the molecule is CCOC(=O)c1cc2c(-c3ccc(C(=O)NCc4cccc(C(F)(F)F)c4)cc3)c(F)c(F)cc2[nH]1. The fourth-order valence-corrected chi connectivity index (χ4v) is 3.75. The molecule has 1 heterocycles. The number of aromatic amines is 1. The van der Waals surface area contributed by atoms with Gasteiger partial charge in [-0.15, -0.1) is 0 Å². The monoisotopic (exact) mass is 502 g/mol. The number of halogens is 5. The van der Waals surface area contributed by atoms with Crippen molar-refractivity contribution in [1.82, 2.24) is 10.3 Å². The van der Waals surface area contributed by atoms with Crippen LogP contribution in [0.1, 0.15) is 38.9 Å². The summed E-state index contributed by atoms with van der Waals surface area (Å²) in [5.41, 5.74) is -0.0195. The van der Waals surface area contributed by atoms with Crippen LogP contribution in [0.3, 0.4) is 0 Å². The third kappa shape index (κ3) is 5.07. The summed E-state index contributed by atoms with van der Waals surface area (Å²) in [6.45, 7) is 1.62. The number of hydrogen-bond donors (Lipinski definition) is 2. The summed E-state index contributed by atoms with van der Waals surface area (Å²) in [5.74, 6) is -3.49. The van der Waals surface area contributed by atoms with Crippen molar-refractivity contribution >= 4 is 22.8 Å². The molecule has 4 rings (SSSR count). The van der Waals surface area contributed by atoms with E-state index in [0.29, 0.717) is 0 Å². The summed E-state index contributed by atoms with van der Waals surface area (Å²) in [6.07, 6.45) is -4.50. The number of aromatic nitrogens is 1. The summed E-state index contributed by atoms with van der Waals surface area (Å²) >= 11 is 0. The molecule has 0 atom stereocenters. The molecule has 5 nitrogen and oxygen atoms in total. The van der Waals surface area contributed by atoms with E-state index >= 15 is 0 Å². The van der Waals surface area contributed by atoms with Gasteiger partial charge in [-0.05, 0) is 48.4 Å². The van der Waals surface area contributed by atoms with E-state index in [0.717, 1.165) is 18.2 Å². The van der Waals surface area contributed by atoms with Crippen LogP contribution < -0.4 is 5.32 Å². The Morgan fingerprint density at radius 3 is 2.39 bits per heavy atom. The summed E-state index contributed by atoms with van der Waals surface area (Å²) in [4.78, 5) is 27.3. The van der Waals surface area contributed by atoms with E-state index in [9.17, 15) is 31.5 Å². The molecule has 186 valence electrons. The Kier molecular flexibility index (Phi) is 6.78. The molecule has 0 spiro atoms. The molecule has 0 aliphatic heterocycles. The van der Waals surface area contributed by atoms with Crippen molar-refractivity contribution in [2.45, 2.75) is 19.6 Å². The lowest BCUT2D eigenvalue weighted by Crippen LogP contribution is -2.23. The van der Waals surface area contributed by atoms with E-state index in [-0.39, 0.29) is 52.0 Å². The molecule has 0 saturated carbocycles. The molecule has 0 aliphatic rings. The van der Waals surface area contributed by atoms with E-state index in [4.69, 9.17) is 4.74 Å². The number of amides is 1. The van der Waals surface area contributed by atoms with Crippen molar-refractivity contribution in [3.63, 3.8) is 0 Å². The Balaban J connectivity index is 1.57. The number of alkyl halides is 3. The van der Waals surface area contributed by atoms with Crippen molar-refractivity contribution in [1.29, 1.82) is 0 Å². The molecule has 0 saturated heterocycles. The first kappa shape index (κ1) is 24.9. The van der Waals surface area contributed by atoms with Crippen molar-refractivity contribution in [2.24, 2.45) is 0 Å². The van der Waals surface area contributed by atoms with Crippen molar-refractivity contribution < 1.29 is 36.3 Å². The highest BCUT2D eigenvalue weighted by atomic mass is 19.4. The first-order valence-corrected chi connectivity index (χ1v) is 10.8. The highest BCUT2D eigenvalue weighted by Crippen LogP contribution is 2.34. The van der Waals surface area contributed by atoms with Crippen LogP contribution in [0, 0.1) is 11.6 Å². The standard InChI is InChI=1S/C26H19F5N2O3/c1-2-36-25(35)21-11-18-20(33-21)12-19(27)23(28)22(18)15-6-8-16(9-7-15)24(34)32-13-14-4-3-5-17(10-14)26(29,30)31/h3-12,33H,2,13H2,1H3,(H,32,34). The van der Waals surface area contributed by atoms with Gasteiger partial charge >= 0.3 is 12.1 Å². The maximum atomic E-state index is 14.8. The number of nitrogens with one attached hydrogen (secondary N) is 2. The summed E-state index contributed by atoms with van der Waals surface area (Å²) in [6, 6.07) is 12.5. The quantitative estimate of drug-likeness (QED) is 0.242. The van der Waals surface area contributed by atoms with Gasteiger partial charge in [0.25, 0.3) is 5.91 Å². The molecular formula is C26H19F5N2O3. The lowest BCUT2D eigenvalue weighted by atomic mass is 9.99. The fraction of sp³-hybridized carbons (Fsp3) is 0.154. The third-order valence-electron chi connectivity index (χ3n) is 5.46. The molecular weight excluding hydrogens is 483 g/mol. The van der Waals surface area contributed by atoms with Gasteiger partial charge in [-0.25, -0.2) is 13.6 Å². The molecule has 10 heteroatoms. The Hall–Kier alpha value is -4.21. The number of ether oxygens (including phenoxy) is 1. The van der Waals surface area contributed by atoms with Gasteiger partial charge in [0, 0.05) is 34.6 Å². The average molecular weight is 502 g/mol. The highest BCUT2D eigenvalue weighted by molar-refractivity contribution is 6.02. The normalized spacial score (nSPS) is 11.5. The number of fused-ring (bicyclic) bond motifs is 1. The van der Waals surface area contributed by atoms with Crippen LogP contribution in [0.4, 0.5) is 22.0 Å². The van der Waals surface area contributed by atoms with Gasteiger partial charge in [0.1, 0.15) is 5.69 Å². The summed E-state index contributed by atoms with van der Waals surface area (Å²) in [7, 11) is 0. The largest absolute Gasteiger partial charge is 0.461 e. The van der Waals surface area contributed by atoms with E-state index in [1.807, 2.05) is 0 Å². The topological polar surface area (TPSA) is 71.2 Å². The minimum Gasteiger partial charge on any atom is -0.461 e. The van der Waals surface area contributed by atoms with Crippen LogP contribution in [-0.2, 0) is 17.5 Å². The molecule has 0 aliphatic carbocycles. The van der Waals surface area contributed by atoms with Crippen molar-refractivity contribution in [3.05, 3.63) is 94.7 Å². The van der Waals surface area contributed by atoms with E-state index in [1.165, 1.54) is 42.5 Å². The first-order valence-electron chi connectivity index (χ1n) is 10.8. The fourth-order valence-electron chi connectivity index (χ4n) is 3.75. The molecule has 0 fully saturated rings. The highest BCUT2D eigenvalue weighted by Gasteiger charge is 2.30. The van der Waals surface area contributed by atoms with E-state index < -0.39 is 35.3 Å². The number of hydrogen-bond acceptors (Lipinski definition) is 3. The van der Waals surface area contributed by atoms with E-state index in [1.54, 1.807) is 6.92 Å². The van der Waals surface area contributed by atoms with Crippen LogP contribution in [-0.4, -0.2) is 23.5 Å². The first-order chi connectivity index (χ1) is 17.1. The Morgan fingerprint density at radius 2 is 1.72 bits per heavy atom. The zero-order valence-corrected chi connectivity index (χ0v) is 18.8. The smallest absolute Gasteiger partial charge is 0.416 e. The van der Waals surface area contributed by atoms with Gasteiger partial charge in [-0.1, -0.05) is 24.3 Å². The Labute approximate surface area is 201 Å². The van der Waals surface area contributed by atoms with Crippen LogP contribution in [0.2, 0.25) is 0 Å². The van der Waals surface area contributed by atoms with Gasteiger partial charge in [-0.3, -0.25) is 4.79 Å². The minimum atomic E-state index is -4.50. The number of carbonyl (C=O) groups is 2. The molecule has 4 aromatic rings. The number of benzene rings is 3. The molecule has 1 aromatic heterocycles. The molecule has 2 N–H and O–H groups in total. The second-order valence-electron chi connectivity index (χ2n) is 7.87. The van der Waals surface area contributed by atoms with Gasteiger partial charge in [0.05, 0.1) is 12.2 Å². The van der Waals surface area contributed by atoms with Crippen molar-refractivity contribution in [2.75, 3.05) is 6.61 Å². The maximum absolute atomic E-state index is 14.8. The summed E-state index contributed by atoms with van der Waals surface area (Å²) in [5, 5.41) is 2.78. The molecule has 0 unspecified atom stereocenters. The maximum Gasteiger partial charge on any atom is 0.416 e. The lowest BCUT2D eigenvalue weighted by Gasteiger charge is -2.10. The van der Waals surface area contributed by atoms with Crippen LogP contribution in [0.5, 0.6) is 0 Å². The Bertz CT molecular complexity index is 1440. The van der Waals surface area contributed by atoms with Crippen LogP contribution in [0.15, 0.2) is 60.7 Å². The molecule has 0 radical (unpaired) electrons. The molecule has 0 bridgehead atoms. The predicted molar refractivity (Wildman–Crippen MR) is 122 cm³/mol. The lowest BCUT2D eigenvalue weighted by molar-refractivity contribution is -0.137. The Morgan fingerprint density at radius 1 is 1.00 bits per heavy atom. The summed E-state index contributed by atoms with van der Waals surface area (Å²) < 4.78 is 72.6. The molecule has 3 aromatic carbocycles. The van der Waals surface area contributed by atoms with Crippen LogP contribution in [0.25, 0.3) is 22.0 Å². The second kappa shape index (κ2) is 9.80. The number of esters is 1. The number of H-pyrrole nitrogens is 1. The van der Waals surface area contributed by atoms with Crippen LogP contribution >= 0.6 is 0 Å². The predicted octanol–water partition coefficient (Wildman–Crippen LogP) is 6.24. The average Bonchev–Trinajstić information content (AvgIpc) is 3.27. The van der Waals surface area contributed by atoms with Gasteiger partial charge in [-0.2, -0.15) is 13.2 Å². The number of rotatable bonds is 6. The molecule has 1 amide bonds. The zero-order valence-electron chi connectivity index (χ0n) is 18.8. The zero-order chi connectivity index (χ0) is 26.0. The van der Waals surface area contributed by atoms with Gasteiger partial charge in [0.2, 0.25) is 0 Å². The number of carbonyl (C=O) groups excluding carboxylic acids is 2. The van der Waals surface area contributed by atoms with E-state index in [2.05, 4.69) is 10.3 Å². The van der Waals surface area contributed by atoms with Crippen molar-refractivity contribution in [3.8, 4) is 11.1 Å². The third-order valence-corrected chi connectivity index (χ3v) is 5.46. The second-order valence-corrected chi connectivity index (χ2v) is 7.87. The minimum absolute atomic E-state index is 0.0312. The molecule has 36 heavy (non-hydrogen) atoms. The van der Waals surface area contributed by atoms with Gasteiger partial charge < -0.3 is 15.0 Å². The van der Waals surface area contributed by atoms with Gasteiger partial charge in [0.15, 0.2) is 11.6 Å².